The summed E-state index contributed by atoms with van der Waals surface area (Å²) < 4.78 is 13.9. The Morgan fingerprint density at radius 1 is 1.33 bits per heavy atom. The maximum Gasteiger partial charge on any atom is 0.191 e. The molecule has 2 rings (SSSR count). The number of likely N-dealkylation sites (tertiary alicyclic amines) is 1. The Balaban J connectivity index is 1.83. The predicted molar refractivity (Wildman–Crippen MR) is 111 cm³/mol. The molecule has 150 valence electrons. The highest BCUT2D eigenvalue weighted by atomic mass is 19.1. The molecule has 0 aromatic heterocycles. The fourth-order valence-corrected chi connectivity index (χ4v) is 3.39. The van der Waals surface area contributed by atoms with Gasteiger partial charge in [-0.15, -0.1) is 0 Å². The van der Waals surface area contributed by atoms with Gasteiger partial charge >= 0.3 is 0 Å². The lowest BCUT2D eigenvalue weighted by Gasteiger charge is -2.33. The Morgan fingerprint density at radius 2 is 2.04 bits per heavy atom. The fraction of sp³-hybridized carbons (Fsp3) is 0.571. The minimum atomic E-state index is -0.156. The van der Waals surface area contributed by atoms with E-state index in [0.717, 1.165) is 44.0 Å². The molecule has 1 aromatic rings. The summed E-state index contributed by atoms with van der Waals surface area (Å²) in [5.41, 5.74) is 2.98. The second kappa shape index (κ2) is 10.4. The van der Waals surface area contributed by atoms with Crippen molar-refractivity contribution >= 4 is 5.96 Å². The van der Waals surface area contributed by atoms with Crippen LogP contribution in [0.15, 0.2) is 35.3 Å². The third-order valence-electron chi connectivity index (χ3n) is 4.70. The molecule has 0 unspecified atom stereocenters. The minimum absolute atomic E-state index is 0.156. The summed E-state index contributed by atoms with van der Waals surface area (Å²) >= 11 is 0. The SMILES string of the molecule is C=C(C)CN1CCC(NC(=NC)NCc2ccc(F)c(CN(C)C)c2)CC1. The van der Waals surface area contributed by atoms with Gasteiger partial charge in [0.1, 0.15) is 5.82 Å². The van der Waals surface area contributed by atoms with E-state index in [1.54, 1.807) is 13.1 Å². The molecule has 2 N–H and O–H groups in total. The van der Waals surface area contributed by atoms with Gasteiger partial charge < -0.3 is 15.5 Å². The first-order chi connectivity index (χ1) is 12.9. The summed E-state index contributed by atoms with van der Waals surface area (Å²) in [6.07, 6.45) is 2.19. The zero-order valence-electron chi connectivity index (χ0n) is 17.2. The molecule has 0 radical (unpaired) electrons. The lowest BCUT2D eigenvalue weighted by atomic mass is 10.0. The van der Waals surface area contributed by atoms with Gasteiger partial charge in [0.05, 0.1) is 0 Å². The van der Waals surface area contributed by atoms with Gasteiger partial charge in [0.15, 0.2) is 5.96 Å². The molecule has 0 atom stereocenters. The summed E-state index contributed by atoms with van der Waals surface area (Å²) in [6.45, 7) is 10.4. The molecule has 1 fully saturated rings. The van der Waals surface area contributed by atoms with Crippen LogP contribution in [0.25, 0.3) is 0 Å². The summed E-state index contributed by atoms with van der Waals surface area (Å²) in [6, 6.07) is 5.72. The number of piperidine rings is 1. The Kier molecular flexibility index (Phi) is 8.25. The Morgan fingerprint density at radius 3 is 2.63 bits per heavy atom. The van der Waals surface area contributed by atoms with Gasteiger partial charge in [-0.3, -0.25) is 9.89 Å². The van der Waals surface area contributed by atoms with E-state index in [2.05, 4.69) is 34.0 Å². The average Bonchev–Trinajstić information content (AvgIpc) is 2.61. The van der Waals surface area contributed by atoms with Gasteiger partial charge in [-0.1, -0.05) is 18.2 Å². The standard InChI is InChI=1S/C21H34FN5/c1-16(2)14-27-10-8-19(9-11-27)25-21(23-3)24-13-17-6-7-20(22)18(12-17)15-26(4)5/h6-7,12,19H,1,8-11,13-15H2,2-5H3,(H2,23,24,25). The van der Waals surface area contributed by atoms with E-state index >= 15 is 0 Å². The molecule has 1 heterocycles. The molecule has 0 bridgehead atoms. The van der Waals surface area contributed by atoms with Crippen molar-refractivity contribution in [2.45, 2.75) is 38.9 Å². The van der Waals surface area contributed by atoms with E-state index < -0.39 is 0 Å². The Bertz CT molecular complexity index is 648. The van der Waals surface area contributed by atoms with Crippen LogP contribution in [0.1, 0.15) is 30.9 Å². The summed E-state index contributed by atoms with van der Waals surface area (Å²) in [4.78, 5) is 8.75. The Hall–Kier alpha value is -1.92. The number of aliphatic imine (C=N–C) groups is 1. The van der Waals surface area contributed by atoms with E-state index in [4.69, 9.17) is 0 Å². The van der Waals surface area contributed by atoms with Crippen LogP contribution in [-0.2, 0) is 13.1 Å². The molecule has 1 aliphatic heterocycles. The molecule has 6 heteroatoms. The van der Waals surface area contributed by atoms with E-state index in [9.17, 15) is 4.39 Å². The smallest absolute Gasteiger partial charge is 0.191 e. The second-order valence-corrected chi connectivity index (χ2v) is 7.74. The number of halogens is 1. The number of nitrogens with zero attached hydrogens (tertiary/aromatic N) is 3. The van der Waals surface area contributed by atoms with Crippen molar-refractivity contribution in [1.29, 1.82) is 0 Å². The van der Waals surface area contributed by atoms with Crippen molar-refractivity contribution in [3.63, 3.8) is 0 Å². The first-order valence-corrected chi connectivity index (χ1v) is 9.63. The van der Waals surface area contributed by atoms with Crippen LogP contribution in [-0.4, -0.2) is 62.6 Å². The zero-order chi connectivity index (χ0) is 19.8. The summed E-state index contributed by atoms with van der Waals surface area (Å²) in [5.74, 6) is 0.642. The van der Waals surface area contributed by atoms with Crippen LogP contribution in [0, 0.1) is 5.82 Å². The molecule has 1 saturated heterocycles. The number of guanidine groups is 1. The number of nitrogens with one attached hydrogen (secondary N) is 2. The number of rotatable bonds is 7. The first-order valence-electron chi connectivity index (χ1n) is 9.63. The molecule has 0 saturated carbocycles. The monoisotopic (exact) mass is 375 g/mol. The maximum atomic E-state index is 13.9. The van der Waals surface area contributed by atoms with Crippen molar-refractivity contribution in [3.05, 3.63) is 47.3 Å². The van der Waals surface area contributed by atoms with E-state index in [1.807, 2.05) is 31.1 Å². The van der Waals surface area contributed by atoms with Gasteiger partial charge in [0.25, 0.3) is 0 Å². The minimum Gasteiger partial charge on any atom is -0.354 e. The lowest BCUT2D eigenvalue weighted by molar-refractivity contribution is 0.221. The third-order valence-corrected chi connectivity index (χ3v) is 4.70. The highest BCUT2D eigenvalue weighted by molar-refractivity contribution is 5.79. The quantitative estimate of drug-likeness (QED) is 0.437. The van der Waals surface area contributed by atoms with Crippen molar-refractivity contribution in [1.82, 2.24) is 20.4 Å². The highest BCUT2D eigenvalue weighted by Gasteiger charge is 2.19. The van der Waals surface area contributed by atoms with Crippen molar-refractivity contribution in [2.75, 3.05) is 40.8 Å². The van der Waals surface area contributed by atoms with Gasteiger partial charge in [-0.25, -0.2) is 4.39 Å². The van der Waals surface area contributed by atoms with Crippen LogP contribution in [0.3, 0.4) is 0 Å². The number of hydrogen-bond donors (Lipinski definition) is 2. The zero-order valence-corrected chi connectivity index (χ0v) is 17.2. The van der Waals surface area contributed by atoms with Crippen molar-refractivity contribution in [2.24, 2.45) is 4.99 Å². The Labute approximate surface area is 163 Å². The fourth-order valence-electron chi connectivity index (χ4n) is 3.39. The van der Waals surface area contributed by atoms with Crippen molar-refractivity contribution in [3.8, 4) is 0 Å². The van der Waals surface area contributed by atoms with Crippen LogP contribution in [0.4, 0.5) is 4.39 Å². The predicted octanol–water partition coefficient (Wildman–Crippen LogP) is 2.59. The second-order valence-electron chi connectivity index (χ2n) is 7.74. The van der Waals surface area contributed by atoms with Crippen LogP contribution < -0.4 is 10.6 Å². The molecular weight excluding hydrogens is 341 g/mol. The van der Waals surface area contributed by atoms with Gasteiger partial charge in [-0.05, 0) is 51.6 Å². The van der Waals surface area contributed by atoms with E-state index in [0.29, 0.717) is 24.7 Å². The molecular formula is C21H34FN5. The average molecular weight is 376 g/mol. The molecule has 0 spiro atoms. The maximum absolute atomic E-state index is 13.9. The third kappa shape index (κ3) is 7.31. The van der Waals surface area contributed by atoms with Gasteiger partial charge in [0.2, 0.25) is 0 Å². The topological polar surface area (TPSA) is 42.9 Å². The first kappa shape index (κ1) is 21.4. The van der Waals surface area contributed by atoms with Gasteiger partial charge in [0, 0.05) is 51.4 Å². The normalized spacial score (nSPS) is 16.6. The molecule has 27 heavy (non-hydrogen) atoms. The summed E-state index contributed by atoms with van der Waals surface area (Å²) in [7, 11) is 5.67. The van der Waals surface area contributed by atoms with Crippen molar-refractivity contribution < 1.29 is 4.39 Å². The molecule has 1 aliphatic rings. The molecule has 1 aromatic carbocycles. The number of benzene rings is 1. The lowest BCUT2D eigenvalue weighted by Crippen LogP contribution is -2.48. The van der Waals surface area contributed by atoms with Gasteiger partial charge in [-0.2, -0.15) is 0 Å². The highest BCUT2D eigenvalue weighted by Crippen LogP contribution is 2.13. The molecule has 0 amide bonds. The largest absolute Gasteiger partial charge is 0.354 e. The van der Waals surface area contributed by atoms with E-state index in [-0.39, 0.29) is 5.82 Å². The van der Waals surface area contributed by atoms with Crippen LogP contribution >= 0.6 is 0 Å². The van der Waals surface area contributed by atoms with Crippen LogP contribution in [0.2, 0.25) is 0 Å². The summed E-state index contributed by atoms with van der Waals surface area (Å²) in [5, 5.41) is 6.87. The molecule has 0 aliphatic carbocycles. The molecule has 5 nitrogen and oxygen atoms in total. The number of hydrogen-bond acceptors (Lipinski definition) is 3. The van der Waals surface area contributed by atoms with Crippen LogP contribution in [0.5, 0.6) is 0 Å². The van der Waals surface area contributed by atoms with E-state index in [1.165, 1.54) is 5.57 Å².